The minimum atomic E-state index is -0.368. The molecule has 0 radical (unpaired) electrons. The smallest absolute Gasteiger partial charge is 0.323 e. The quantitative estimate of drug-likeness (QED) is 0.782. The predicted octanol–water partition coefficient (Wildman–Crippen LogP) is 4.04. The maximum atomic E-state index is 12.0. The Morgan fingerprint density at radius 2 is 1.86 bits per heavy atom. The van der Waals surface area contributed by atoms with Gasteiger partial charge >= 0.3 is 6.03 Å². The first kappa shape index (κ1) is 14.4. The van der Waals surface area contributed by atoms with Crippen LogP contribution in [0.1, 0.15) is 18.4 Å². The molecule has 5 nitrogen and oxygen atoms in total. The average molecular weight is 316 g/mol. The molecule has 0 aliphatic carbocycles. The molecule has 0 saturated heterocycles. The van der Waals surface area contributed by atoms with Gasteiger partial charge in [-0.2, -0.15) is 0 Å². The molecule has 0 aromatic heterocycles. The Bertz CT molecular complexity index is 761. The van der Waals surface area contributed by atoms with Gasteiger partial charge in [-0.1, -0.05) is 17.7 Å². The van der Waals surface area contributed by atoms with Gasteiger partial charge in [0, 0.05) is 22.1 Å². The van der Waals surface area contributed by atoms with Crippen molar-refractivity contribution in [2.75, 3.05) is 16.0 Å². The molecule has 0 fully saturated rings. The Kier molecular flexibility index (Phi) is 3.73. The van der Waals surface area contributed by atoms with Gasteiger partial charge in [0.2, 0.25) is 5.91 Å². The topological polar surface area (TPSA) is 70.2 Å². The molecule has 1 unspecified atom stereocenters. The van der Waals surface area contributed by atoms with E-state index < -0.39 is 0 Å². The van der Waals surface area contributed by atoms with E-state index in [4.69, 9.17) is 11.6 Å². The van der Waals surface area contributed by atoms with Crippen molar-refractivity contribution in [1.29, 1.82) is 0 Å². The number of carbonyl (C=O) groups is 2. The Labute approximate surface area is 132 Å². The number of hydrogen-bond donors (Lipinski definition) is 3. The first-order chi connectivity index (χ1) is 10.5. The minimum Gasteiger partial charge on any atom is -0.325 e. The van der Waals surface area contributed by atoms with Crippen molar-refractivity contribution in [3.8, 4) is 0 Å². The van der Waals surface area contributed by atoms with Crippen molar-refractivity contribution in [2.45, 2.75) is 12.8 Å². The summed E-state index contributed by atoms with van der Waals surface area (Å²) in [7, 11) is 0. The molecule has 1 aliphatic rings. The number of halogens is 1. The van der Waals surface area contributed by atoms with Crippen LogP contribution in [0.5, 0.6) is 0 Å². The van der Waals surface area contributed by atoms with E-state index in [0.29, 0.717) is 16.4 Å². The number of hydrogen-bond acceptors (Lipinski definition) is 2. The third-order valence-corrected chi connectivity index (χ3v) is 3.74. The van der Waals surface area contributed by atoms with Crippen LogP contribution in [-0.2, 0) is 4.79 Å². The standard InChI is InChI=1S/C16H14ClN3O2/c1-9-13-8-12(5-6-14(13)20-15(9)21)19-16(22)18-11-4-2-3-10(17)7-11/h2-9H,1H3,(H,20,21)(H2,18,19,22). The molecule has 2 aromatic carbocycles. The van der Waals surface area contributed by atoms with E-state index in [1.807, 2.05) is 6.92 Å². The third kappa shape index (κ3) is 2.89. The molecule has 0 spiro atoms. The van der Waals surface area contributed by atoms with E-state index >= 15 is 0 Å². The average Bonchev–Trinajstić information content (AvgIpc) is 2.74. The molecule has 112 valence electrons. The fourth-order valence-electron chi connectivity index (χ4n) is 2.35. The number of rotatable bonds is 2. The highest BCUT2D eigenvalue weighted by molar-refractivity contribution is 6.30. The summed E-state index contributed by atoms with van der Waals surface area (Å²) in [5, 5.41) is 8.79. The molecule has 1 aliphatic heterocycles. The van der Waals surface area contributed by atoms with Crippen molar-refractivity contribution in [3.05, 3.63) is 53.1 Å². The Morgan fingerprint density at radius 3 is 2.59 bits per heavy atom. The fourth-order valence-corrected chi connectivity index (χ4v) is 2.54. The third-order valence-electron chi connectivity index (χ3n) is 3.51. The molecule has 1 atom stereocenters. The zero-order chi connectivity index (χ0) is 15.7. The van der Waals surface area contributed by atoms with Crippen LogP contribution in [0.3, 0.4) is 0 Å². The lowest BCUT2D eigenvalue weighted by Gasteiger charge is -2.09. The number of urea groups is 1. The van der Waals surface area contributed by atoms with Crippen LogP contribution in [-0.4, -0.2) is 11.9 Å². The molecule has 3 rings (SSSR count). The first-order valence-corrected chi connectivity index (χ1v) is 7.19. The van der Waals surface area contributed by atoms with E-state index in [2.05, 4.69) is 16.0 Å². The number of fused-ring (bicyclic) bond motifs is 1. The van der Waals surface area contributed by atoms with Crippen LogP contribution in [0, 0.1) is 0 Å². The minimum absolute atomic E-state index is 0.0319. The normalized spacial score (nSPS) is 15.9. The largest absolute Gasteiger partial charge is 0.325 e. The van der Waals surface area contributed by atoms with Crippen LogP contribution < -0.4 is 16.0 Å². The molecule has 1 heterocycles. The number of amides is 3. The van der Waals surface area contributed by atoms with E-state index in [1.54, 1.807) is 42.5 Å². The van der Waals surface area contributed by atoms with Crippen LogP contribution in [0.2, 0.25) is 5.02 Å². The highest BCUT2D eigenvalue weighted by atomic mass is 35.5. The van der Waals surface area contributed by atoms with Crippen molar-refractivity contribution < 1.29 is 9.59 Å². The van der Waals surface area contributed by atoms with Crippen LogP contribution >= 0.6 is 11.6 Å². The van der Waals surface area contributed by atoms with Crippen LogP contribution in [0.4, 0.5) is 21.9 Å². The zero-order valence-corrected chi connectivity index (χ0v) is 12.6. The van der Waals surface area contributed by atoms with E-state index in [0.717, 1.165) is 11.3 Å². The molecule has 3 amide bonds. The fraction of sp³-hybridized carbons (Fsp3) is 0.125. The molecule has 22 heavy (non-hydrogen) atoms. The summed E-state index contributed by atoms with van der Waals surface area (Å²) in [5.41, 5.74) is 2.90. The summed E-state index contributed by atoms with van der Waals surface area (Å²) in [6, 6.07) is 11.9. The number of anilines is 3. The summed E-state index contributed by atoms with van der Waals surface area (Å²) in [4.78, 5) is 23.6. The molecule has 0 bridgehead atoms. The highest BCUT2D eigenvalue weighted by Gasteiger charge is 2.26. The summed E-state index contributed by atoms with van der Waals surface area (Å²) >= 11 is 5.87. The van der Waals surface area contributed by atoms with Gasteiger partial charge < -0.3 is 16.0 Å². The number of nitrogens with one attached hydrogen (secondary N) is 3. The second-order valence-electron chi connectivity index (χ2n) is 5.10. The Balaban J connectivity index is 1.71. The molecule has 3 N–H and O–H groups in total. The number of carbonyl (C=O) groups excluding carboxylic acids is 2. The van der Waals surface area contributed by atoms with Gasteiger partial charge in [0.05, 0.1) is 5.92 Å². The van der Waals surface area contributed by atoms with Crippen molar-refractivity contribution in [2.24, 2.45) is 0 Å². The first-order valence-electron chi connectivity index (χ1n) is 6.81. The Hall–Kier alpha value is -2.53. The monoisotopic (exact) mass is 315 g/mol. The molecular weight excluding hydrogens is 302 g/mol. The van der Waals surface area contributed by atoms with E-state index in [1.165, 1.54) is 0 Å². The van der Waals surface area contributed by atoms with Gasteiger partial charge in [-0.15, -0.1) is 0 Å². The van der Waals surface area contributed by atoms with Crippen LogP contribution in [0.15, 0.2) is 42.5 Å². The lowest BCUT2D eigenvalue weighted by atomic mass is 10.0. The lowest BCUT2D eigenvalue weighted by Crippen LogP contribution is -2.19. The van der Waals surface area contributed by atoms with Gasteiger partial charge in [-0.25, -0.2) is 4.79 Å². The number of benzene rings is 2. The molecule has 2 aromatic rings. The molecular formula is C16H14ClN3O2. The van der Waals surface area contributed by atoms with Gasteiger partial charge in [0.15, 0.2) is 0 Å². The van der Waals surface area contributed by atoms with Crippen molar-refractivity contribution in [1.82, 2.24) is 0 Å². The summed E-state index contributed by atoms with van der Waals surface area (Å²) in [5.74, 6) is -0.247. The lowest BCUT2D eigenvalue weighted by molar-refractivity contribution is -0.116. The van der Waals surface area contributed by atoms with Crippen molar-refractivity contribution in [3.63, 3.8) is 0 Å². The summed E-state index contributed by atoms with van der Waals surface area (Å²) in [6.07, 6.45) is 0. The van der Waals surface area contributed by atoms with Gasteiger partial charge in [-0.05, 0) is 48.9 Å². The summed E-state index contributed by atoms with van der Waals surface area (Å²) in [6.45, 7) is 1.83. The van der Waals surface area contributed by atoms with E-state index in [-0.39, 0.29) is 17.9 Å². The second kappa shape index (κ2) is 5.69. The zero-order valence-electron chi connectivity index (χ0n) is 11.8. The maximum Gasteiger partial charge on any atom is 0.323 e. The summed E-state index contributed by atoms with van der Waals surface area (Å²) < 4.78 is 0. The Morgan fingerprint density at radius 1 is 1.14 bits per heavy atom. The van der Waals surface area contributed by atoms with Crippen LogP contribution in [0.25, 0.3) is 0 Å². The molecule has 0 saturated carbocycles. The second-order valence-corrected chi connectivity index (χ2v) is 5.54. The maximum absolute atomic E-state index is 12.0. The SMILES string of the molecule is CC1C(=O)Nc2ccc(NC(=O)Nc3cccc(Cl)c3)cc21. The highest BCUT2D eigenvalue weighted by Crippen LogP contribution is 2.34. The van der Waals surface area contributed by atoms with Gasteiger partial charge in [0.25, 0.3) is 0 Å². The predicted molar refractivity (Wildman–Crippen MR) is 87.6 cm³/mol. The van der Waals surface area contributed by atoms with E-state index in [9.17, 15) is 9.59 Å². The van der Waals surface area contributed by atoms with Gasteiger partial charge in [-0.3, -0.25) is 4.79 Å². The van der Waals surface area contributed by atoms with Gasteiger partial charge in [0.1, 0.15) is 0 Å². The van der Waals surface area contributed by atoms with Crippen molar-refractivity contribution >= 4 is 40.6 Å². The molecule has 6 heteroatoms.